The summed E-state index contributed by atoms with van der Waals surface area (Å²) >= 11 is 0. The molecule has 2 aliphatic rings. The van der Waals surface area contributed by atoms with E-state index in [1.54, 1.807) is 17.9 Å². The maximum atomic E-state index is 14.0. The molecule has 0 bridgehead atoms. The van der Waals surface area contributed by atoms with Crippen molar-refractivity contribution in [3.05, 3.63) is 102 Å². The SMILES string of the molecule is C=C/C=C(\C=C/CC1CC(=O)C2=C(C1)Nc1ccccc1N(C(C)=O)C2c1ccc(N(CC)CC)cc1)N(C)CC. The van der Waals surface area contributed by atoms with E-state index in [1.807, 2.05) is 30.3 Å². The lowest BCUT2D eigenvalue weighted by Gasteiger charge is -2.34. The van der Waals surface area contributed by atoms with Gasteiger partial charge in [-0.25, -0.2) is 0 Å². The molecule has 1 aliphatic carbocycles. The van der Waals surface area contributed by atoms with Crippen LogP contribution in [0.5, 0.6) is 0 Å². The summed E-state index contributed by atoms with van der Waals surface area (Å²) in [5, 5.41) is 3.60. The number of likely N-dealkylation sites (N-methyl/N-ethyl adjacent to an activating group) is 1. The molecule has 4 rings (SSSR count). The summed E-state index contributed by atoms with van der Waals surface area (Å²) in [4.78, 5) is 33.5. The fraction of sp³-hybridized carbons (Fsp3) is 0.371. The van der Waals surface area contributed by atoms with E-state index in [4.69, 9.17) is 0 Å². The molecule has 0 saturated carbocycles. The number of fused-ring (bicyclic) bond motifs is 1. The predicted molar refractivity (Wildman–Crippen MR) is 171 cm³/mol. The lowest BCUT2D eigenvalue weighted by atomic mass is 9.79. The number of benzene rings is 2. The third kappa shape index (κ3) is 6.48. The van der Waals surface area contributed by atoms with Gasteiger partial charge in [-0.3, -0.25) is 14.5 Å². The minimum atomic E-state index is -0.492. The first-order chi connectivity index (χ1) is 19.8. The van der Waals surface area contributed by atoms with Gasteiger partial charge in [-0.2, -0.15) is 0 Å². The van der Waals surface area contributed by atoms with Gasteiger partial charge in [0.25, 0.3) is 0 Å². The first kappa shape index (κ1) is 29.9. The number of allylic oxidation sites excluding steroid dienone is 5. The molecule has 1 amide bonds. The highest BCUT2D eigenvalue weighted by Gasteiger charge is 2.40. The van der Waals surface area contributed by atoms with E-state index in [0.29, 0.717) is 12.0 Å². The zero-order chi connectivity index (χ0) is 29.5. The Bertz CT molecular complexity index is 1350. The number of para-hydroxylation sites is 2. The average Bonchev–Trinajstić information content (AvgIpc) is 3.12. The molecule has 41 heavy (non-hydrogen) atoms. The first-order valence-corrected chi connectivity index (χ1v) is 14.8. The molecule has 0 saturated heterocycles. The van der Waals surface area contributed by atoms with E-state index in [0.717, 1.165) is 66.5 Å². The van der Waals surface area contributed by atoms with E-state index in [9.17, 15) is 9.59 Å². The molecule has 2 aromatic carbocycles. The molecule has 6 nitrogen and oxygen atoms in total. The molecule has 0 aromatic heterocycles. The number of ketones is 1. The summed E-state index contributed by atoms with van der Waals surface area (Å²) in [6, 6.07) is 15.7. The van der Waals surface area contributed by atoms with Crippen molar-refractivity contribution in [3.8, 4) is 0 Å². The second-order valence-electron chi connectivity index (χ2n) is 10.8. The molecule has 0 spiro atoms. The molecule has 0 radical (unpaired) electrons. The first-order valence-electron chi connectivity index (χ1n) is 14.8. The highest BCUT2D eigenvalue weighted by atomic mass is 16.2. The summed E-state index contributed by atoms with van der Waals surface area (Å²) in [6.07, 6.45) is 10.1. The van der Waals surface area contributed by atoms with E-state index >= 15 is 0 Å². The molecular formula is C35H44N4O2. The largest absolute Gasteiger partial charge is 0.375 e. The van der Waals surface area contributed by atoms with Crippen LogP contribution in [0.2, 0.25) is 0 Å². The van der Waals surface area contributed by atoms with Crippen LogP contribution in [0, 0.1) is 5.92 Å². The Morgan fingerprint density at radius 1 is 1.05 bits per heavy atom. The maximum absolute atomic E-state index is 14.0. The molecule has 6 heteroatoms. The number of hydrogen-bond acceptors (Lipinski definition) is 5. The normalized spacial score (nSPS) is 18.9. The zero-order valence-corrected chi connectivity index (χ0v) is 25.2. The molecule has 0 fully saturated rings. The fourth-order valence-electron chi connectivity index (χ4n) is 5.95. The monoisotopic (exact) mass is 552 g/mol. The minimum Gasteiger partial charge on any atom is -0.375 e. The third-order valence-corrected chi connectivity index (χ3v) is 8.21. The summed E-state index contributed by atoms with van der Waals surface area (Å²) in [5.74, 6) is 0.176. The Morgan fingerprint density at radius 3 is 2.39 bits per heavy atom. The second-order valence-corrected chi connectivity index (χ2v) is 10.8. The van der Waals surface area contributed by atoms with Gasteiger partial charge >= 0.3 is 0 Å². The van der Waals surface area contributed by atoms with Crippen molar-refractivity contribution in [2.75, 3.05) is 41.8 Å². The lowest BCUT2D eigenvalue weighted by Crippen LogP contribution is -2.37. The van der Waals surface area contributed by atoms with Gasteiger partial charge < -0.3 is 15.1 Å². The summed E-state index contributed by atoms with van der Waals surface area (Å²) in [5.41, 5.74) is 6.42. The molecule has 2 atom stereocenters. The topological polar surface area (TPSA) is 55.9 Å². The Balaban J connectivity index is 1.74. The molecule has 1 N–H and O–H groups in total. The molecule has 1 aliphatic heterocycles. The van der Waals surface area contributed by atoms with Gasteiger partial charge in [0.2, 0.25) is 5.91 Å². The Morgan fingerprint density at radius 2 is 1.76 bits per heavy atom. The fourth-order valence-corrected chi connectivity index (χ4v) is 5.95. The number of carbonyl (C=O) groups excluding carboxylic acids is 2. The van der Waals surface area contributed by atoms with Crippen LogP contribution in [0.1, 0.15) is 58.6 Å². The van der Waals surface area contributed by atoms with Crippen LogP contribution in [0.3, 0.4) is 0 Å². The van der Waals surface area contributed by atoms with Crippen LogP contribution in [0.15, 0.2) is 96.4 Å². The highest BCUT2D eigenvalue weighted by molar-refractivity contribution is 6.05. The van der Waals surface area contributed by atoms with Crippen LogP contribution in [-0.4, -0.2) is 43.3 Å². The Kier molecular flexibility index (Phi) is 9.87. The van der Waals surface area contributed by atoms with Crippen molar-refractivity contribution in [1.29, 1.82) is 0 Å². The van der Waals surface area contributed by atoms with Crippen molar-refractivity contribution in [2.24, 2.45) is 5.92 Å². The molecule has 2 aromatic rings. The van der Waals surface area contributed by atoms with Crippen molar-refractivity contribution in [1.82, 2.24) is 4.90 Å². The van der Waals surface area contributed by atoms with Crippen LogP contribution in [0.25, 0.3) is 0 Å². The van der Waals surface area contributed by atoms with Crippen molar-refractivity contribution < 1.29 is 9.59 Å². The number of anilines is 3. The highest BCUT2D eigenvalue weighted by Crippen LogP contribution is 2.46. The van der Waals surface area contributed by atoms with Crippen LogP contribution < -0.4 is 15.1 Å². The van der Waals surface area contributed by atoms with Gasteiger partial charge in [-0.15, -0.1) is 0 Å². The van der Waals surface area contributed by atoms with Crippen LogP contribution in [-0.2, 0) is 9.59 Å². The van der Waals surface area contributed by atoms with Crippen molar-refractivity contribution in [3.63, 3.8) is 0 Å². The van der Waals surface area contributed by atoms with Crippen LogP contribution >= 0.6 is 0 Å². The zero-order valence-electron chi connectivity index (χ0n) is 25.2. The van der Waals surface area contributed by atoms with E-state index in [-0.39, 0.29) is 17.6 Å². The summed E-state index contributed by atoms with van der Waals surface area (Å²) in [6.45, 7) is 14.6. The van der Waals surface area contributed by atoms with Gasteiger partial charge in [0.15, 0.2) is 5.78 Å². The number of nitrogens with one attached hydrogen (secondary N) is 1. The lowest BCUT2D eigenvalue weighted by molar-refractivity contribution is -0.117. The molecule has 216 valence electrons. The van der Waals surface area contributed by atoms with E-state index in [2.05, 4.69) is 85.9 Å². The summed E-state index contributed by atoms with van der Waals surface area (Å²) in [7, 11) is 2.06. The van der Waals surface area contributed by atoms with Crippen molar-refractivity contribution >= 4 is 28.8 Å². The number of Topliss-reactive ketones (excluding diaryl/α,β-unsaturated/α-hetero) is 1. The molecule has 2 unspecified atom stereocenters. The van der Waals surface area contributed by atoms with Gasteiger partial charge in [0.1, 0.15) is 0 Å². The van der Waals surface area contributed by atoms with Gasteiger partial charge in [0.05, 0.1) is 17.4 Å². The van der Waals surface area contributed by atoms with E-state index in [1.165, 1.54) is 0 Å². The average molecular weight is 553 g/mol. The third-order valence-electron chi connectivity index (χ3n) is 8.21. The predicted octanol–water partition coefficient (Wildman–Crippen LogP) is 7.25. The van der Waals surface area contributed by atoms with Gasteiger partial charge in [-0.05, 0) is 81.5 Å². The Labute approximate surface area is 245 Å². The van der Waals surface area contributed by atoms with Gasteiger partial charge in [0, 0.05) is 62.7 Å². The number of carbonyl (C=O) groups is 2. The molecule has 1 heterocycles. The quantitative estimate of drug-likeness (QED) is 0.315. The van der Waals surface area contributed by atoms with Gasteiger partial charge in [-0.1, -0.05) is 43.0 Å². The van der Waals surface area contributed by atoms with Crippen LogP contribution in [0.4, 0.5) is 17.1 Å². The number of hydrogen-bond donors (Lipinski definition) is 1. The number of rotatable bonds is 10. The summed E-state index contributed by atoms with van der Waals surface area (Å²) < 4.78 is 0. The standard InChI is InChI=1S/C35H44N4O2/c1-7-14-28(37(6)8-2)16-13-15-26-23-31-34(33(41)24-26)35(27-19-21-29(22-20-27)38(9-3)10-4)39(25(5)40)32-18-12-11-17-30(32)36-31/h7,11-14,16-22,26,35-36H,1,8-10,15,23-24H2,2-6H3/b16-13-,28-14+. The maximum Gasteiger partial charge on any atom is 0.224 e. The van der Waals surface area contributed by atoms with E-state index < -0.39 is 6.04 Å². The number of amides is 1. The molecular weight excluding hydrogens is 508 g/mol. The minimum absolute atomic E-state index is 0.0924. The second kappa shape index (κ2) is 13.5. The van der Waals surface area contributed by atoms with Crippen molar-refractivity contribution in [2.45, 2.75) is 53.0 Å². The smallest absolute Gasteiger partial charge is 0.224 e. The Hall–Kier alpha value is -4.06. The number of nitrogens with zero attached hydrogens (tertiary/aromatic N) is 3.